The van der Waals surface area contributed by atoms with Crippen LogP contribution in [0.15, 0.2) is 41.5 Å². The van der Waals surface area contributed by atoms with Crippen LogP contribution in [0.3, 0.4) is 0 Å². The van der Waals surface area contributed by atoms with Gasteiger partial charge in [-0.2, -0.15) is 5.10 Å². The summed E-state index contributed by atoms with van der Waals surface area (Å²) in [6.07, 6.45) is 2.82. The van der Waals surface area contributed by atoms with Crippen molar-refractivity contribution in [3.8, 4) is 11.5 Å². The van der Waals surface area contributed by atoms with Crippen molar-refractivity contribution in [3.05, 3.63) is 62.2 Å². The molecule has 0 saturated heterocycles. The summed E-state index contributed by atoms with van der Waals surface area (Å²) in [6, 6.07) is 8.65. The molecular weight excluding hydrogens is 380 g/mol. The van der Waals surface area contributed by atoms with Crippen LogP contribution in [-0.4, -0.2) is 29.3 Å². The van der Waals surface area contributed by atoms with Crippen LogP contribution < -0.4 is 14.9 Å². The Kier molecular flexibility index (Phi) is 7.89. The topological polar surface area (TPSA) is 129 Å². The molecule has 0 bridgehead atoms. The van der Waals surface area contributed by atoms with Gasteiger partial charge in [-0.3, -0.25) is 25.7 Å². The molecule has 0 aliphatic rings. The maximum atomic E-state index is 11.4. The van der Waals surface area contributed by atoms with Crippen LogP contribution in [0.2, 0.25) is 0 Å². The first-order valence-corrected chi connectivity index (χ1v) is 9.07. The highest BCUT2D eigenvalue weighted by Crippen LogP contribution is 2.34. The van der Waals surface area contributed by atoms with Gasteiger partial charge in [0.05, 0.1) is 35.0 Å². The smallest absolute Gasteiger partial charge is 0.311 e. The molecule has 2 aromatic rings. The summed E-state index contributed by atoms with van der Waals surface area (Å²) in [7, 11) is 0. The van der Waals surface area contributed by atoms with Crippen molar-refractivity contribution in [2.24, 2.45) is 5.10 Å². The van der Waals surface area contributed by atoms with Gasteiger partial charge in [0.15, 0.2) is 0 Å². The molecule has 1 N–H and O–H groups in total. The van der Waals surface area contributed by atoms with Crippen molar-refractivity contribution < 1.29 is 19.3 Å². The predicted molar refractivity (Wildman–Crippen MR) is 109 cm³/mol. The molecule has 0 aliphatic carbocycles. The number of nitrogens with one attached hydrogen (secondary N) is 1. The lowest BCUT2D eigenvalue weighted by atomic mass is 10.1. The summed E-state index contributed by atoms with van der Waals surface area (Å²) >= 11 is 0. The highest BCUT2D eigenvalue weighted by atomic mass is 16.6. The van der Waals surface area contributed by atoms with E-state index in [9.17, 15) is 20.2 Å². The van der Waals surface area contributed by atoms with Crippen molar-refractivity contribution in [2.45, 2.75) is 26.7 Å². The van der Waals surface area contributed by atoms with E-state index in [0.717, 1.165) is 6.42 Å². The average Bonchev–Trinajstić information content (AvgIpc) is 2.71. The Hall–Kier alpha value is -3.69. The third-order valence-corrected chi connectivity index (χ3v) is 3.67. The molecule has 10 heteroatoms. The molecule has 0 heterocycles. The summed E-state index contributed by atoms with van der Waals surface area (Å²) in [4.78, 5) is 21.2. The van der Waals surface area contributed by atoms with E-state index in [2.05, 4.69) is 10.5 Å². The van der Waals surface area contributed by atoms with Gasteiger partial charge < -0.3 is 9.47 Å². The molecule has 2 aromatic carbocycles. The van der Waals surface area contributed by atoms with Crippen molar-refractivity contribution in [1.82, 2.24) is 0 Å². The van der Waals surface area contributed by atoms with E-state index < -0.39 is 9.85 Å². The van der Waals surface area contributed by atoms with Gasteiger partial charge in [-0.15, -0.1) is 0 Å². The maximum absolute atomic E-state index is 11.4. The molecule has 0 atom stereocenters. The highest BCUT2D eigenvalue weighted by Gasteiger charge is 2.20. The number of nitrogens with zero attached hydrogens (tertiary/aromatic N) is 3. The number of ether oxygens (including phenoxy) is 2. The fraction of sp³-hybridized carbons (Fsp3) is 0.316. The van der Waals surface area contributed by atoms with Gasteiger partial charge >= 0.3 is 5.69 Å². The number of nitro benzene ring substituents is 2. The lowest BCUT2D eigenvalue weighted by Crippen LogP contribution is -2.04. The first-order chi connectivity index (χ1) is 14.0. The van der Waals surface area contributed by atoms with Gasteiger partial charge in [-0.05, 0) is 18.9 Å². The second kappa shape index (κ2) is 10.6. The highest BCUT2D eigenvalue weighted by molar-refractivity contribution is 5.86. The SMILES string of the molecule is CCCOc1cc(OCCC)c([N+](=O)[O-])cc1C=NNc1cccc([N+](=O)[O-])c1. The van der Waals surface area contributed by atoms with Crippen molar-refractivity contribution >= 4 is 23.3 Å². The first kappa shape index (κ1) is 21.6. The predicted octanol–water partition coefficient (Wildman–Crippen LogP) is 4.53. The largest absolute Gasteiger partial charge is 0.493 e. The molecule has 10 nitrogen and oxygen atoms in total. The molecule has 0 aromatic heterocycles. The number of hydrogen-bond donors (Lipinski definition) is 1. The molecule has 29 heavy (non-hydrogen) atoms. The van der Waals surface area contributed by atoms with Crippen LogP contribution in [0, 0.1) is 20.2 Å². The fourth-order valence-electron chi connectivity index (χ4n) is 2.34. The number of anilines is 1. The average molecular weight is 402 g/mol. The third kappa shape index (κ3) is 6.16. The van der Waals surface area contributed by atoms with E-state index in [1.165, 1.54) is 36.5 Å². The molecule has 154 valence electrons. The summed E-state index contributed by atoms with van der Waals surface area (Å²) in [6.45, 7) is 4.61. The zero-order valence-corrected chi connectivity index (χ0v) is 16.2. The minimum absolute atomic E-state index is 0.0785. The van der Waals surface area contributed by atoms with Gasteiger partial charge in [0.25, 0.3) is 5.69 Å². The second-order valence-corrected chi connectivity index (χ2v) is 5.99. The number of nitro groups is 2. The quantitative estimate of drug-likeness (QED) is 0.332. The molecule has 0 radical (unpaired) electrons. The van der Waals surface area contributed by atoms with Crippen molar-refractivity contribution in [2.75, 3.05) is 18.6 Å². The fourth-order valence-corrected chi connectivity index (χ4v) is 2.34. The van der Waals surface area contributed by atoms with Gasteiger partial charge in [0.2, 0.25) is 5.75 Å². The van der Waals surface area contributed by atoms with Gasteiger partial charge in [0, 0.05) is 29.8 Å². The Morgan fingerprint density at radius 3 is 2.31 bits per heavy atom. The number of hydrazone groups is 1. The molecule has 2 rings (SSSR count). The van der Waals surface area contributed by atoms with E-state index in [1.54, 1.807) is 6.07 Å². The van der Waals surface area contributed by atoms with E-state index in [0.29, 0.717) is 36.6 Å². The minimum atomic E-state index is -0.528. The van der Waals surface area contributed by atoms with Crippen LogP contribution in [0.4, 0.5) is 17.1 Å². The van der Waals surface area contributed by atoms with Gasteiger partial charge in [-0.25, -0.2) is 0 Å². The molecule has 0 fully saturated rings. The minimum Gasteiger partial charge on any atom is -0.493 e. The number of rotatable bonds is 11. The van der Waals surface area contributed by atoms with Crippen LogP contribution in [0.25, 0.3) is 0 Å². The van der Waals surface area contributed by atoms with Crippen LogP contribution in [0.5, 0.6) is 11.5 Å². The summed E-state index contributed by atoms with van der Waals surface area (Å²) in [5.41, 5.74) is 3.19. The summed E-state index contributed by atoms with van der Waals surface area (Å²) in [5, 5.41) is 26.3. The molecule has 0 unspecified atom stereocenters. The zero-order valence-electron chi connectivity index (χ0n) is 16.2. The number of hydrogen-bond acceptors (Lipinski definition) is 8. The lowest BCUT2D eigenvalue weighted by Gasteiger charge is -2.12. The standard InChI is InChI=1S/C19H22N4O6/c1-3-8-28-18-12-19(29-9-4-2)17(23(26)27)10-14(18)13-20-21-15-6-5-7-16(11-15)22(24)25/h5-7,10-13,21H,3-4,8-9H2,1-2H3. The normalized spacial score (nSPS) is 10.7. The van der Waals surface area contributed by atoms with E-state index in [-0.39, 0.29) is 17.1 Å². The molecule has 0 amide bonds. The Morgan fingerprint density at radius 2 is 1.69 bits per heavy atom. The molecule has 0 aliphatic heterocycles. The number of non-ortho nitro benzene ring substituents is 1. The monoisotopic (exact) mass is 402 g/mol. The Labute approximate surface area is 167 Å². The lowest BCUT2D eigenvalue weighted by molar-refractivity contribution is -0.385. The maximum Gasteiger partial charge on any atom is 0.311 e. The summed E-state index contributed by atoms with van der Waals surface area (Å²) < 4.78 is 11.2. The van der Waals surface area contributed by atoms with Crippen molar-refractivity contribution in [3.63, 3.8) is 0 Å². The Bertz CT molecular complexity index is 900. The van der Waals surface area contributed by atoms with Gasteiger partial charge in [-0.1, -0.05) is 19.9 Å². The van der Waals surface area contributed by atoms with Crippen LogP contribution in [-0.2, 0) is 0 Å². The third-order valence-electron chi connectivity index (χ3n) is 3.67. The van der Waals surface area contributed by atoms with E-state index in [1.807, 2.05) is 13.8 Å². The van der Waals surface area contributed by atoms with Crippen molar-refractivity contribution in [1.29, 1.82) is 0 Å². The van der Waals surface area contributed by atoms with E-state index in [4.69, 9.17) is 9.47 Å². The molecule has 0 saturated carbocycles. The van der Waals surface area contributed by atoms with E-state index >= 15 is 0 Å². The van der Waals surface area contributed by atoms with Gasteiger partial charge in [0.1, 0.15) is 5.75 Å². The van der Waals surface area contributed by atoms with Crippen LogP contribution >= 0.6 is 0 Å². The molecule has 0 spiro atoms. The van der Waals surface area contributed by atoms with Crippen LogP contribution in [0.1, 0.15) is 32.3 Å². The second-order valence-electron chi connectivity index (χ2n) is 5.99. The summed E-state index contributed by atoms with van der Waals surface area (Å²) in [5.74, 6) is 0.528. The zero-order chi connectivity index (χ0) is 21.2. The Balaban J connectivity index is 2.31. The first-order valence-electron chi connectivity index (χ1n) is 9.07. The molecular formula is C19H22N4O6. The number of benzene rings is 2. The Morgan fingerprint density at radius 1 is 1.00 bits per heavy atom.